The normalized spacial score (nSPS) is 17.9. The SMILES string of the molecule is Cc1c(-c2cc(Nc3ccc(N4CCN(C)CC4)cn3)c(=O)n(C)c2)cccc1N1/C=C\c2cc(C3CC3)cc(F)c2COC1. The molecule has 2 aromatic carbocycles. The first-order valence-electron chi connectivity index (χ1n) is 15.7. The van der Waals surface area contributed by atoms with Crippen molar-refractivity contribution < 1.29 is 9.13 Å². The number of ether oxygens (including phenoxy) is 1. The maximum Gasteiger partial charge on any atom is 0.274 e. The summed E-state index contributed by atoms with van der Waals surface area (Å²) in [5.74, 6) is 0.904. The molecule has 0 spiro atoms. The van der Waals surface area contributed by atoms with Gasteiger partial charge in [-0.2, -0.15) is 0 Å². The van der Waals surface area contributed by atoms with Crippen molar-refractivity contribution in [3.05, 3.63) is 106 Å². The summed E-state index contributed by atoms with van der Waals surface area (Å²) in [6, 6.07) is 15.8. The number of piperazine rings is 1. The first-order valence-corrected chi connectivity index (χ1v) is 15.7. The highest BCUT2D eigenvalue weighted by Crippen LogP contribution is 2.41. The van der Waals surface area contributed by atoms with Crippen LogP contribution in [0.4, 0.5) is 27.3 Å². The molecule has 2 aliphatic heterocycles. The average molecular weight is 607 g/mol. The van der Waals surface area contributed by atoms with Crippen LogP contribution in [0.2, 0.25) is 0 Å². The summed E-state index contributed by atoms with van der Waals surface area (Å²) in [4.78, 5) is 24.5. The second kappa shape index (κ2) is 12.1. The third kappa shape index (κ3) is 6.10. The van der Waals surface area contributed by atoms with Crippen molar-refractivity contribution in [2.45, 2.75) is 32.3 Å². The zero-order valence-electron chi connectivity index (χ0n) is 26.1. The molecule has 0 unspecified atom stereocenters. The lowest BCUT2D eigenvalue weighted by Gasteiger charge is -2.33. The fourth-order valence-electron chi connectivity index (χ4n) is 6.29. The lowest BCUT2D eigenvalue weighted by atomic mass is 9.99. The number of halogens is 1. The molecule has 0 atom stereocenters. The summed E-state index contributed by atoms with van der Waals surface area (Å²) in [7, 11) is 3.91. The number of benzene rings is 2. The number of pyridine rings is 2. The van der Waals surface area contributed by atoms with Gasteiger partial charge in [0.2, 0.25) is 0 Å². The molecule has 45 heavy (non-hydrogen) atoms. The van der Waals surface area contributed by atoms with Crippen LogP contribution in [-0.2, 0) is 18.4 Å². The van der Waals surface area contributed by atoms with Crippen LogP contribution in [0, 0.1) is 12.7 Å². The van der Waals surface area contributed by atoms with Gasteiger partial charge in [0.25, 0.3) is 5.56 Å². The van der Waals surface area contributed by atoms with Gasteiger partial charge < -0.3 is 29.3 Å². The molecule has 0 radical (unpaired) electrons. The van der Waals surface area contributed by atoms with E-state index >= 15 is 0 Å². The van der Waals surface area contributed by atoms with Crippen LogP contribution in [0.15, 0.2) is 71.9 Å². The number of fused-ring (bicyclic) bond motifs is 1. The number of aryl methyl sites for hydroxylation is 1. The van der Waals surface area contributed by atoms with Crippen LogP contribution in [0.25, 0.3) is 17.2 Å². The van der Waals surface area contributed by atoms with E-state index in [1.165, 1.54) is 0 Å². The van der Waals surface area contributed by atoms with Gasteiger partial charge in [-0.05, 0) is 91.4 Å². The van der Waals surface area contributed by atoms with Crippen LogP contribution in [-0.4, -0.2) is 54.4 Å². The van der Waals surface area contributed by atoms with Gasteiger partial charge in [0.05, 0.1) is 18.5 Å². The van der Waals surface area contributed by atoms with Gasteiger partial charge in [-0.25, -0.2) is 9.37 Å². The predicted molar refractivity (Wildman–Crippen MR) is 179 cm³/mol. The van der Waals surface area contributed by atoms with Crippen molar-refractivity contribution in [3.8, 4) is 11.1 Å². The van der Waals surface area contributed by atoms with Gasteiger partial charge in [0, 0.05) is 62.4 Å². The van der Waals surface area contributed by atoms with Crippen LogP contribution < -0.4 is 20.7 Å². The third-order valence-electron chi connectivity index (χ3n) is 9.20. The molecular formula is C36H39FN6O2. The number of hydrogen-bond acceptors (Lipinski definition) is 7. The van der Waals surface area contributed by atoms with Gasteiger partial charge in [-0.15, -0.1) is 0 Å². The maximum atomic E-state index is 14.9. The summed E-state index contributed by atoms with van der Waals surface area (Å²) >= 11 is 0. The van der Waals surface area contributed by atoms with Crippen LogP contribution in [0.5, 0.6) is 0 Å². The maximum absolute atomic E-state index is 14.9. The first kappa shape index (κ1) is 29.3. The summed E-state index contributed by atoms with van der Waals surface area (Å²) in [6.07, 6.45) is 9.95. The van der Waals surface area contributed by atoms with Crippen molar-refractivity contribution in [2.24, 2.45) is 7.05 Å². The summed E-state index contributed by atoms with van der Waals surface area (Å²) < 4.78 is 22.5. The van der Waals surface area contributed by atoms with E-state index in [1.54, 1.807) is 17.7 Å². The van der Waals surface area contributed by atoms with Gasteiger partial charge in [-0.3, -0.25) is 4.79 Å². The van der Waals surface area contributed by atoms with Gasteiger partial charge in [-0.1, -0.05) is 18.2 Å². The van der Waals surface area contributed by atoms with Crippen molar-refractivity contribution >= 4 is 29.0 Å². The molecule has 1 saturated carbocycles. The zero-order chi connectivity index (χ0) is 31.1. The number of nitrogens with one attached hydrogen (secondary N) is 1. The number of rotatable bonds is 6. The smallest absolute Gasteiger partial charge is 0.274 e. The molecule has 9 heteroatoms. The number of aromatic nitrogens is 2. The van der Waals surface area contributed by atoms with E-state index in [2.05, 4.69) is 63.2 Å². The van der Waals surface area contributed by atoms with E-state index in [-0.39, 0.29) is 18.0 Å². The van der Waals surface area contributed by atoms with Crippen molar-refractivity contribution in [3.63, 3.8) is 0 Å². The van der Waals surface area contributed by atoms with Crippen molar-refractivity contribution in [2.75, 3.05) is 55.1 Å². The summed E-state index contributed by atoms with van der Waals surface area (Å²) in [5, 5.41) is 3.26. The van der Waals surface area contributed by atoms with E-state index in [4.69, 9.17) is 4.74 Å². The molecule has 0 amide bonds. The molecule has 8 nitrogen and oxygen atoms in total. The first-order chi connectivity index (χ1) is 21.8. The van der Waals surface area contributed by atoms with E-state index in [9.17, 15) is 9.18 Å². The lowest BCUT2D eigenvalue weighted by molar-refractivity contribution is 0.123. The Morgan fingerprint density at radius 1 is 1.02 bits per heavy atom. The number of anilines is 4. The molecule has 3 aliphatic rings. The molecule has 2 fully saturated rings. The predicted octanol–water partition coefficient (Wildman–Crippen LogP) is 6.23. The minimum atomic E-state index is -0.189. The quantitative estimate of drug-likeness (QED) is 0.279. The van der Waals surface area contributed by atoms with Crippen LogP contribution in [0.1, 0.15) is 41.0 Å². The highest BCUT2D eigenvalue weighted by Gasteiger charge is 2.26. The Kier molecular flexibility index (Phi) is 7.89. The minimum absolute atomic E-state index is 0.130. The Bertz CT molecular complexity index is 1810. The van der Waals surface area contributed by atoms with Crippen LogP contribution >= 0.6 is 0 Å². The molecule has 4 aromatic rings. The van der Waals surface area contributed by atoms with E-state index in [0.717, 1.165) is 78.2 Å². The van der Waals surface area contributed by atoms with Gasteiger partial charge in [0.15, 0.2) is 0 Å². The summed E-state index contributed by atoms with van der Waals surface area (Å²) in [5.41, 5.74) is 7.90. The zero-order valence-corrected chi connectivity index (χ0v) is 26.1. The highest BCUT2D eigenvalue weighted by molar-refractivity contribution is 5.77. The topological polar surface area (TPSA) is 65.9 Å². The second-order valence-electron chi connectivity index (χ2n) is 12.4. The second-order valence-corrected chi connectivity index (χ2v) is 12.4. The third-order valence-corrected chi connectivity index (χ3v) is 9.20. The Labute approximate surface area is 263 Å². The number of hydrogen-bond donors (Lipinski definition) is 1. The Hall–Kier alpha value is -4.47. The highest BCUT2D eigenvalue weighted by atomic mass is 19.1. The fraction of sp³-hybridized carbons (Fsp3) is 0.333. The molecular weight excluding hydrogens is 567 g/mol. The Morgan fingerprint density at radius 3 is 2.60 bits per heavy atom. The largest absolute Gasteiger partial charge is 0.368 e. The van der Waals surface area contributed by atoms with E-state index < -0.39 is 0 Å². The molecule has 7 rings (SSSR count). The van der Waals surface area contributed by atoms with E-state index in [0.29, 0.717) is 29.7 Å². The monoisotopic (exact) mass is 606 g/mol. The molecule has 0 bridgehead atoms. The van der Waals surface area contributed by atoms with Crippen molar-refractivity contribution in [1.82, 2.24) is 14.5 Å². The average Bonchev–Trinajstić information content (AvgIpc) is 3.87. The minimum Gasteiger partial charge on any atom is -0.368 e. The lowest BCUT2D eigenvalue weighted by Crippen LogP contribution is -2.44. The van der Waals surface area contributed by atoms with Crippen LogP contribution in [0.3, 0.4) is 0 Å². The fourth-order valence-corrected chi connectivity index (χ4v) is 6.29. The van der Waals surface area contributed by atoms with Gasteiger partial charge >= 0.3 is 0 Å². The molecule has 2 aromatic heterocycles. The molecule has 1 saturated heterocycles. The Morgan fingerprint density at radius 2 is 1.84 bits per heavy atom. The number of nitrogens with zero attached hydrogens (tertiary/aromatic N) is 5. The van der Waals surface area contributed by atoms with Crippen molar-refractivity contribution in [1.29, 1.82) is 0 Å². The summed E-state index contributed by atoms with van der Waals surface area (Å²) in [6.45, 7) is 6.58. The standard InChI is InChI=1S/C36H39FN6O2/c1-24-30(5-4-6-34(24)43-12-11-26-17-27(25-7-8-25)18-32(37)31(26)22-45-23-43)28-19-33(36(44)41(3)21-28)39-35-10-9-29(20-38-35)42-15-13-40(2)14-16-42/h4-6,9-12,17-21,25H,7-8,13-16,22-23H2,1-3H3,(H,38,39)/b12-11-. The Balaban J connectivity index is 1.15. The number of likely N-dealkylation sites (N-methyl/N-ethyl adjacent to an activating group) is 1. The molecule has 4 heterocycles. The molecule has 1 aliphatic carbocycles. The van der Waals surface area contributed by atoms with E-state index in [1.807, 2.05) is 42.9 Å². The van der Waals surface area contributed by atoms with Gasteiger partial charge in [0.1, 0.15) is 24.1 Å². The molecule has 232 valence electrons. The molecule has 1 N–H and O–H groups in total.